The molecular weight excluding hydrogens is 262 g/mol. The summed E-state index contributed by atoms with van der Waals surface area (Å²) >= 11 is 0. The van der Waals surface area contributed by atoms with Gasteiger partial charge in [0.05, 0.1) is 11.2 Å². The molecule has 1 amide bonds. The van der Waals surface area contributed by atoms with Crippen molar-refractivity contribution in [3.05, 3.63) is 0 Å². The topological polar surface area (TPSA) is 91.8 Å². The Kier molecular flexibility index (Phi) is 3.40. The van der Waals surface area contributed by atoms with E-state index in [0.29, 0.717) is 0 Å². The molecule has 0 radical (unpaired) electrons. The zero-order valence-electron chi connectivity index (χ0n) is 8.30. The fourth-order valence-corrected chi connectivity index (χ4v) is 4.36. The predicted molar refractivity (Wildman–Crippen MR) is 58.2 cm³/mol. The zero-order chi connectivity index (χ0) is 11.6. The molecule has 2 heterocycles. The molecule has 0 aromatic rings. The van der Waals surface area contributed by atoms with Gasteiger partial charge in [-0.2, -0.15) is 0 Å². The fraction of sp³-hybridized carbons (Fsp3) is 0.750. The third-order valence-corrected chi connectivity index (χ3v) is 6.01. The van der Waals surface area contributed by atoms with Crippen molar-refractivity contribution in [2.24, 2.45) is 0 Å². The van der Waals surface area contributed by atoms with Gasteiger partial charge in [0.15, 0.2) is 9.84 Å². The number of sulfone groups is 1. The molecule has 0 aliphatic carbocycles. The molecular formula is C8H13CaNO5S. The number of carboxylic acid groups (broad SMARTS) is 1. The van der Waals surface area contributed by atoms with Crippen LogP contribution in [0, 0.1) is 0 Å². The van der Waals surface area contributed by atoms with Gasteiger partial charge in [0.1, 0.15) is 11.4 Å². The van der Waals surface area contributed by atoms with Crippen molar-refractivity contribution in [3.63, 3.8) is 0 Å². The first-order valence-corrected chi connectivity index (χ1v) is 6.03. The van der Waals surface area contributed by atoms with Crippen molar-refractivity contribution < 1.29 is 23.1 Å². The second kappa shape index (κ2) is 3.83. The first kappa shape index (κ1) is 14.2. The Bertz CT molecular complexity index is 457. The predicted octanol–water partition coefficient (Wildman–Crippen LogP) is -1.71. The van der Waals surface area contributed by atoms with E-state index in [1.54, 1.807) is 0 Å². The molecule has 2 saturated heterocycles. The number of aliphatic carboxylic acids is 1. The number of fused-ring (bicyclic) bond motifs is 1. The van der Waals surface area contributed by atoms with Gasteiger partial charge < -0.3 is 10.0 Å². The second-order valence-corrected chi connectivity index (χ2v) is 7.04. The normalized spacial score (nSPS) is 33.6. The second-order valence-electron chi connectivity index (χ2n) is 4.35. The fourth-order valence-electron chi connectivity index (χ4n) is 2.23. The summed E-state index contributed by atoms with van der Waals surface area (Å²) in [7, 11) is -3.57. The summed E-state index contributed by atoms with van der Waals surface area (Å²) in [5.74, 6) is -1.67. The Morgan fingerprint density at radius 2 is 2.00 bits per heavy atom. The van der Waals surface area contributed by atoms with Gasteiger partial charge in [-0.15, -0.1) is 0 Å². The maximum absolute atomic E-state index is 11.9. The van der Waals surface area contributed by atoms with Gasteiger partial charge in [0.2, 0.25) is 5.91 Å². The van der Waals surface area contributed by atoms with Crippen molar-refractivity contribution in [1.82, 2.24) is 4.90 Å². The van der Waals surface area contributed by atoms with E-state index in [4.69, 9.17) is 5.11 Å². The summed E-state index contributed by atoms with van der Waals surface area (Å²) in [6.45, 7) is 2.71. The molecule has 0 aromatic heterocycles. The number of nitrogens with zero attached hydrogens (tertiary/aromatic N) is 1. The van der Waals surface area contributed by atoms with E-state index in [1.165, 1.54) is 13.8 Å². The van der Waals surface area contributed by atoms with E-state index >= 15 is 0 Å². The van der Waals surface area contributed by atoms with Crippen LogP contribution in [0.4, 0.5) is 0 Å². The number of carboxylic acids is 1. The van der Waals surface area contributed by atoms with Crippen molar-refractivity contribution in [2.75, 3.05) is 0 Å². The first-order valence-electron chi connectivity index (χ1n) is 4.48. The number of hydrogen-bond donors (Lipinski definition) is 1. The molecule has 0 bridgehead atoms. The number of rotatable bonds is 1. The number of hydrogen-bond acceptors (Lipinski definition) is 4. The maximum atomic E-state index is 11.9. The third kappa shape index (κ3) is 1.44. The van der Waals surface area contributed by atoms with Crippen molar-refractivity contribution in [1.29, 1.82) is 0 Å². The summed E-state index contributed by atoms with van der Waals surface area (Å²) in [5.41, 5.74) is 0. The van der Waals surface area contributed by atoms with Crippen LogP contribution in [0.2, 0.25) is 0 Å². The Labute approximate surface area is 123 Å². The van der Waals surface area contributed by atoms with Crippen LogP contribution < -0.4 is 0 Å². The molecule has 0 saturated carbocycles. The van der Waals surface area contributed by atoms with Gasteiger partial charge >= 0.3 is 43.7 Å². The van der Waals surface area contributed by atoms with Crippen LogP contribution in [0.5, 0.6) is 0 Å². The third-order valence-electron chi connectivity index (χ3n) is 3.21. The molecule has 88 valence electrons. The van der Waals surface area contributed by atoms with Crippen LogP contribution >= 0.6 is 0 Å². The Balaban J connectivity index is 0.00000128. The van der Waals surface area contributed by atoms with Crippen molar-refractivity contribution in [3.8, 4) is 0 Å². The van der Waals surface area contributed by atoms with Crippen LogP contribution in [0.15, 0.2) is 0 Å². The molecule has 1 N–H and O–H groups in total. The molecule has 16 heavy (non-hydrogen) atoms. The van der Waals surface area contributed by atoms with Crippen LogP contribution in [0.3, 0.4) is 0 Å². The SMILES string of the molecule is CC1(C)[C@H](C(=O)O)N2C(=O)C[C@H]2S1(=O)=O.[CaH2]. The zero-order valence-corrected chi connectivity index (χ0v) is 9.11. The molecule has 2 fully saturated rings. The number of amides is 1. The minimum atomic E-state index is -3.57. The Hall–Kier alpha value is 0.150. The summed E-state index contributed by atoms with van der Waals surface area (Å²) in [5, 5.41) is 8.03. The van der Waals surface area contributed by atoms with Crippen LogP contribution in [0.25, 0.3) is 0 Å². The molecule has 2 aliphatic rings. The molecule has 0 spiro atoms. The van der Waals surface area contributed by atoms with Crippen LogP contribution in [-0.2, 0) is 19.4 Å². The van der Waals surface area contributed by atoms with Gasteiger partial charge in [0.25, 0.3) is 0 Å². The number of carbonyl (C=O) groups is 2. The van der Waals surface area contributed by atoms with Gasteiger partial charge in [-0.05, 0) is 13.8 Å². The van der Waals surface area contributed by atoms with E-state index < -0.39 is 37.9 Å². The average Bonchev–Trinajstić information content (AvgIpc) is 2.19. The summed E-state index contributed by atoms with van der Waals surface area (Å²) in [6.07, 6.45) is -0.0878. The molecule has 2 atom stereocenters. The number of β-lactam (4-membered cyclic amide) rings is 1. The molecule has 8 heteroatoms. The molecule has 6 nitrogen and oxygen atoms in total. The van der Waals surface area contributed by atoms with E-state index in [2.05, 4.69) is 0 Å². The van der Waals surface area contributed by atoms with Gasteiger partial charge in [-0.1, -0.05) is 0 Å². The average molecular weight is 275 g/mol. The van der Waals surface area contributed by atoms with Crippen LogP contribution in [0.1, 0.15) is 20.3 Å². The standard InChI is InChI=1S/C8H11NO5S.Ca.2H/c1-8(2)6(7(11)12)9-4(10)3-5(9)15(8,13)14;;;/h5-6H,3H2,1-2H3,(H,11,12);;;/t5-,6+;;;/m1.../s1. The summed E-state index contributed by atoms with van der Waals surface area (Å²) < 4.78 is 22.4. The van der Waals surface area contributed by atoms with E-state index in [-0.39, 0.29) is 44.2 Å². The molecule has 2 aliphatic heterocycles. The summed E-state index contributed by atoms with van der Waals surface area (Å²) in [4.78, 5) is 23.2. The monoisotopic (exact) mass is 275 g/mol. The van der Waals surface area contributed by atoms with Crippen molar-refractivity contribution >= 4 is 59.5 Å². The first-order chi connectivity index (χ1) is 6.71. The van der Waals surface area contributed by atoms with Gasteiger partial charge in [-0.3, -0.25) is 4.79 Å². The van der Waals surface area contributed by atoms with E-state index in [0.717, 1.165) is 4.90 Å². The van der Waals surface area contributed by atoms with E-state index in [9.17, 15) is 18.0 Å². The van der Waals surface area contributed by atoms with Gasteiger partial charge in [0, 0.05) is 0 Å². The Morgan fingerprint density at radius 3 is 2.31 bits per heavy atom. The molecule has 0 aromatic carbocycles. The molecule has 0 unspecified atom stereocenters. The van der Waals surface area contributed by atoms with E-state index in [1.807, 2.05) is 0 Å². The molecule has 2 rings (SSSR count). The van der Waals surface area contributed by atoms with Crippen molar-refractivity contribution in [2.45, 2.75) is 36.4 Å². The Morgan fingerprint density at radius 1 is 1.50 bits per heavy atom. The number of carbonyl (C=O) groups excluding carboxylic acids is 1. The quantitative estimate of drug-likeness (QED) is 0.454. The minimum absolute atomic E-state index is 0. The van der Waals surface area contributed by atoms with Crippen LogP contribution in [-0.4, -0.2) is 84.2 Å². The summed E-state index contributed by atoms with van der Waals surface area (Å²) in [6, 6.07) is -1.26. The van der Waals surface area contributed by atoms with Gasteiger partial charge in [-0.25, -0.2) is 13.2 Å².